The molecule has 0 N–H and O–H groups in total. The van der Waals surface area contributed by atoms with Crippen molar-refractivity contribution in [3.05, 3.63) is 71.6 Å². The van der Waals surface area contributed by atoms with Crippen LogP contribution in [0.3, 0.4) is 0 Å². The maximum Gasteiger partial charge on any atom is 0.150 e. The van der Waals surface area contributed by atoms with Crippen molar-refractivity contribution in [3.63, 3.8) is 0 Å². The molecular formula is C17H12FNS. The lowest BCUT2D eigenvalue weighted by Crippen LogP contribution is -1.79. The monoisotopic (exact) mass is 281 g/mol. The highest BCUT2D eigenvalue weighted by Crippen LogP contribution is 2.19. The first-order chi connectivity index (χ1) is 9.72. The Labute approximate surface area is 122 Å². The zero-order valence-electron chi connectivity index (χ0n) is 10.7. The fourth-order valence-corrected chi connectivity index (χ4v) is 1.80. The third kappa shape index (κ3) is 3.58. The second-order valence-corrected chi connectivity index (χ2v) is 4.30. The zero-order valence-corrected chi connectivity index (χ0v) is 11.5. The van der Waals surface area contributed by atoms with Crippen molar-refractivity contribution < 1.29 is 4.39 Å². The lowest BCUT2D eigenvalue weighted by Gasteiger charge is -1.98. The van der Waals surface area contributed by atoms with Crippen molar-refractivity contribution in [1.29, 1.82) is 0 Å². The summed E-state index contributed by atoms with van der Waals surface area (Å²) in [4.78, 5) is 3.64. The molecule has 2 aromatic rings. The topological polar surface area (TPSA) is 12.4 Å². The number of hydrogen-bond donors (Lipinski definition) is 0. The molecule has 0 aliphatic carbocycles. The molecular weight excluding hydrogens is 269 g/mol. The van der Waals surface area contributed by atoms with Crippen LogP contribution in [-0.4, -0.2) is 5.16 Å². The van der Waals surface area contributed by atoms with Gasteiger partial charge in [0.25, 0.3) is 0 Å². The van der Waals surface area contributed by atoms with Gasteiger partial charge < -0.3 is 0 Å². The molecule has 0 bridgehead atoms. The van der Waals surface area contributed by atoms with Crippen LogP contribution in [0, 0.1) is 5.82 Å². The van der Waals surface area contributed by atoms with Gasteiger partial charge in [0.2, 0.25) is 0 Å². The Balaban J connectivity index is 2.20. The van der Waals surface area contributed by atoms with Crippen molar-refractivity contribution in [2.45, 2.75) is 0 Å². The van der Waals surface area contributed by atoms with Crippen molar-refractivity contribution in [3.8, 4) is 0 Å². The van der Waals surface area contributed by atoms with Crippen LogP contribution >= 0.6 is 12.2 Å². The maximum atomic E-state index is 13.6. The van der Waals surface area contributed by atoms with Crippen LogP contribution in [-0.2, 0) is 0 Å². The maximum absolute atomic E-state index is 13.6. The molecule has 0 fully saturated rings. The summed E-state index contributed by atoms with van der Waals surface area (Å²) in [5.74, 6) is -0.411. The fourth-order valence-electron chi connectivity index (χ4n) is 1.70. The van der Waals surface area contributed by atoms with Gasteiger partial charge in [0.1, 0.15) is 11.5 Å². The molecule has 0 heterocycles. The zero-order chi connectivity index (χ0) is 14.4. The second kappa shape index (κ2) is 6.71. The Bertz CT molecular complexity index is 695. The first-order valence-corrected chi connectivity index (χ1v) is 6.42. The summed E-state index contributed by atoms with van der Waals surface area (Å²) in [5.41, 5.74) is 3.07. The van der Waals surface area contributed by atoms with Crippen LogP contribution in [0.1, 0.15) is 16.7 Å². The summed E-state index contributed by atoms with van der Waals surface area (Å²) < 4.78 is 13.6. The van der Waals surface area contributed by atoms with E-state index in [9.17, 15) is 4.39 Å². The molecule has 0 unspecified atom stereocenters. The van der Waals surface area contributed by atoms with E-state index in [2.05, 4.69) is 29.0 Å². The van der Waals surface area contributed by atoms with Gasteiger partial charge in [-0.25, -0.2) is 4.39 Å². The van der Waals surface area contributed by atoms with Crippen molar-refractivity contribution in [2.24, 2.45) is 4.99 Å². The first-order valence-electron chi connectivity index (χ1n) is 6.01. The number of benzene rings is 2. The molecule has 2 rings (SSSR count). The Kier molecular flexibility index (Phi) is 4.72. The summed E-state index contributed by atoms with van der Waals surface area (Å²) in [7, 11) is 0. The van der Waals surface area contributed by atoms with E-state index in [1.165, 1.54) is 6.07 Å². The van der Waals surface area contributed by atoms with Gasteiger partial charge >= 0.3 is 0 Å². The number of hydrogen-bond acceptors (Lipinski definition) is 2. The first kappa shape index (κ1) is 14.1. The van der Waals surface area contributed by atoms with Gasteiger partial charge in [0, 0.05) is 0 Å². The van der Waals surface area contributed by atoms with Gasteiger partial charge in [-0.15, -0.1) is 0 Å². The van der Waals surface area contributed by atoms with Gasteiger partial charge in [0.15, 0.2) is 0 Å². The smallest absolute Gasteiger partial charge is 0.150 e. The van der Waals surface area contributed by atoms with E-state index in [1.807, 2.05) is 36.4 Å². The lowest BCUT2D eigenvalue weighted by atomic mass is 10.1. The molecule has 0 aliphatic heterocycles. The number of aliphatic imine (C=N–C) groups is 1. The van der Waals surface area contributed by atoms with Crippen molar-refractivity contribution >= 4 is 41.3 Å². The average Bonchev–Trinajstić information content (AvgIpc) is 2.48. The summed E-state index contributed by atoms with van der Waals surface area (Å²) in [6.45, 7) is 3.71. The Morgan fingerprint density at radius 2 is 1.60 bits per heavy atom. The summed E-state index contributed by atoms with van der Waals surface area (Å²) >= 11 is 4.46. The SMILES string of the molecule is C=Cc1ccc(/C=C/c2ccc(N=C=S)c(F)c2)cc1. The molecule has 0 aliphatic rings. The molecule has 0 amide bonds. The van der Waals surface area contributed by atoms with Gasteiger partial charge in [-0.3, -0.25) is 0 Å². The van der Waals surface area contributed by atoms with Crippen LogP contribution in [0.4, 0.5) is 10.1 Å². The highest BCUT2D eigenvalue weighted by Gasteiger charge is 2.00. The van der Waals surface area contributed by atoms with Crippen LogP contribution in [0.2, 0.25) is 0 Å². The normalized spacial score (nSPS) is 10.2. The Morgan fingerprint density at radius 3 is 2.20 bits per heavy atom. The minimum atomic E-state index is -0.411. The largest absolute Gasteiger partial charge is 0.205 e. The molecule has 2 aromatic carbocycles. The highest BCUT2D eigenvalue weighted by atomic mass is 32.1. The van der Waals surface area contributed by atoms with Crippen LogP contribution in [0.5, 0.6) is 0 Å². The lowest BCUT2D eigenvalue weighted by molar-refractivity contribution is 0.630. The van der Waals surface area contributed by atoms with Gasteiger partial charge in [-0.05, 0) is 41.0 Å². The van der Waals surface area contributed by atoms with Crippen molar-refractivity contribution in [1.82, 2.24) is 0 Å². The number of isothiocyanates is 1. The predicted molar refractivity (Wildman–Crippen MR) is 86.5 cm³/mol. The van der Waals surface area contributed by atoms with E-state index < -0.39 is 5.82 Å². The quantitative estimate of drug-likeness (QED) is 0.417. The van der Waals surface area contributed by atoms with E-state index in [-0.39, 0.29) is 5.69 Å². The van der Waals surface area contributed by atoms with E-state index >= 15 is 0 Å². The number of thiocarbonyl (C=S) groups is 1. The Morgan fingerprint density at radius 1 is 1.00 bits per heavy atom. The molecule has 0 saturated heterocycles. The molecule has 0 spiro atoms. The fraction of sp³-hybridized carbons (Fsp3) is 0. The van der Waals surface area contributed by atoms with E-state index in [0.29, 0.717) is 0 Å². The number of rotatable bonds is 4. The standard InChI is InChI=1S/C17H12FNS/c1-2-13-3-5-14(6-4-13)7-8-15-9-10-17(19-12-20)16(18)11-15/h2-11H,1H2/b8-7+. The molecule has 0 aromatic heterocycles. The molecule has 98 valence electrons. The minimum absolute atomic E-state index is 0.201. The number of halogens is 1. The Hall–Kier alpha value is -2.35. The second-order valence-electron chi connectivity index (χ2n) is 4.12. The van der Waals surface area contributed by atoms with E-state index in [4.69, 9.17) is 0 Å². The number of nitrogens with zero attached hydrogens (tertiary/aromatic N) is 1. The average molecular weight is 281 g/mol. The predicted octanol–water partition coefficient (Wildman–Crippen LogP) is 5.37. The molecule has 1 nitrogen and oxygen atoms in total. The van der Waals surface area contributed by atoms with Gasteiger partial charge in [-0.1, -0.05) is 55.1 Å². The van der Waals surface area contributed by atoms with Gasteiger partial charge in [-0.2, -0.15) is 4.99 Å². The van der Waals surface area contributed by atoms with Gasteiger partial charge in [0.05, 0.1) is 5.16 Å². The molecule has 3 heteroatoms. The minimum Gasteiger partial charge on any atom is -0.205 e. The summed E-state index contributed by atoms with van der Waals surface area (Å²) in [6.07, 6.45) is 5.55. The highest BCUT2D eigenvalue weighted by molar-refractivity contribution is 7.78. The third-order valence-electron chi connectivity index (χ3n) is 2.78. The summed E-state index contributed by atoms with van der Waals surface area (Å²) in [6, 6.07) is 12.7. The van der Waals surface area contributed by atoms with Crippen LogP contribution < -0.4 is 0 Å². The summed E-state index contributed by atoms with van der Waals surface area (Å²) in [5, 5.41) is 2.16. The molecule has 0 radical (unpaired) electrons. The van der Waals surface area contributed by atoms with Crippen molar-refractivity contribution in [2.75, 3.05) is 0 Å². The van der Waals surface area contributed by atoms with Crippen LogP contribution in [0.25, 0.3) is 18.2 Å². The molecule has 0 saturated carbocycles. The van der Waals surface area contributed by atoms with E-state index in [1.54, 1.807) is 18.2 Å². The molecule has 0 atom stereocenters. The molecule has 20 heavy (non-hydrogen) atoms. The van der Waals surface area contributed by atoms with E-state index in [0.717, 1.165) is 16.7 Å². The van der Waals surface area contributed by atoms with Crippen LogP contribution in [0.15, 0.2) is 54.0 Å². The third-order valence-corrected chi connectivity index (χ3v) is 2.87.